The van der Waals surface area contributed by atoms with Gasteiger partial charge < -0.3 is 44.2 Å². The predicted molar refractivity (Wildman–Crippen MR) is 85.2 cm³/mol. The number of fused-ring (bicyclic) bond motifs is 1. The van der Waals surface area contributed by atoms with E-state index in [0.717, 1.165) is 6.33 Å². The number of ether oxygens (including phenoxy) is 1. The van der Waals surface area contributed by atoms with Crippen molar-refractivity contribution < 1.29 is 174 Å². The van der Waals surface area contributed by atoms with Gasteiger partial charge in [0.25, 0.3) is 15.6 Å². The number of nitrogens with zero attached hydrogens (tertiary/aromatic N) is 4. The van der Waals surface area contributed by atoms with E-state index in [9.17, 15) is 38.4 Å². The summed E-state index contributed by atoms with van der Waals surface area (Å²) >= 11 is 0. The van der Waals surface area contributed by atoms with E-state index in [1.54, 1.807) is 0 Å². The Morgan fingerprint density at radius 2 is 1.68 bits per heavy atom. The second-order valence-corrected chi connectivity index (χ2v) is 10.1. The summed E-state index contributed by atoms with van der Waals surface area (Å²) in [5.74, 6) is 0.0838. The number of aromatic nitrogens is 4. The molecule has 0 amide bonds. The normalized spacial score (nSPS) is 23.4. The van der Waals surface area contributed by atoms with E-state index in [0.29, 0.717) is 0 Å². The number of phosphoric ester groups is 1. The predicted octanol–water partition coefficient (Wildman–Crippen LogP) is -15.1. The molecule has 0 radical (unpaired) electrons. The molecule has 24 heteroatoms. The number of aliphatic hydroxyl groups excluding tert-OH is 1. The molecule has 5 atom stereocenters. The molecular weight excluding hydrogens is 567 g/mol. The van der Waals surface area contributed by atoms with Crippen LogP contribution >= 0.6 is 23.5 Å². The molecule has 1 aliphatic rings. The smallest absolute Gasteiger partial charge is 0.790 e. The minimum atomic E-state index is -6.08. The first-order valence-corrected chi connectivity index (χ1v) is 12.1. The number of phosphoric acid groups is 3. The monoisotopic (exact) mass is 579 g/mol. The number of nitrogens with two attached hydrogens (primary N) is 1. The van der Waals surface area contributed by atoms with Crippen molar-refractivity contribution in [1.82, 2.24) is 19.5 Å². The molecule has 2 unspecified atom stereocenters. The van der Waals surface area contributed by atoms with Crippen LogP contribution in [-0.4, -0.2) is 43.4 Å². The summed E-state index contributed by atoms with van der Waals surface area (Å²) in [6, 6.07) is 0. The third-order valence-corrected chi connectivity index (χ3v) is 7.31. The van der Waals surface area contributed by atoms with Crippen LogP contribution in [0.4, 0.5) is 5.82 Å². The Labute approximate surface area is 280 Å². The fraction of sp³-hybridized carbons (Fsp3) is 0.500. The third kappa shape index (κ3) is 11.0. The molecule has 3 N–H and O–H groups in total. The second-order valence-electron chi connectivity index (χ2n) is 5.84. The standard InChI is InChI=1S/C10H16N5O12P3.4Na/c11-8-7-9(13-3-12-8)15(4-14-7)10-6(16)1-5(25-10)2-24-29(20,21)27-30(22,23)26-28(17,18)19;;;;/h3-6,10,16H,1-2H2,(H,20,21)(H,22,23)(H2,11,12,13)(H2,17,18,19);;;;/q;4*+1/p-4/t5-,6+,10+;;;;/m0..../s1. The van der Waals surface area contributed by atoms with Gasteiger partial charge in [-0.1, -0.05) is 0 Å². The first-order chi connectivity index (χ1) is 13.8. The van der Waals surface area contributed by atoms with Crippen molar-refractivity contribution in [2.75, 3.05) is 12.3 Å². The van der Waals surface area contributed by atoms with Crippen LogP contribution < -0.4 is 144 Å². The number of imidazole rings is 1. The quantitative estimate of drug-likeness (QED) is 0.217. The summed E-state index contributed by atoms with van der Waals surface area (Å²) < 4.78 is 50.6. The van der Waals surface area contributed by atoms with Crippen LogP contribution in [-0.2, 0) is 31.6 Å². The summed E-state index contributed by atoms with van der Waals surface area (Å²) in [7, 11) is -17.8. The second kappa shape index (κ2) is 15.5. The summed E-state index contributed by atoms with van der Waals surface area (Å²) in [5, 5.41) is 10.2. The Morgan fingerprint density at radius 3 is 2.26 bits per heavy atom. The molecule has 0 saturated carbocycles. The number of aliphatic hydroxyl groups is 1. The maximum Gasteiger partial charge on any atom is 1.00 e. The molecule has 34 heavy (non-hydrogen) atoms. The number of hydrogen-bond donors (Lipinski definition) is 2. The number of hydrogen-bond acceptors (Lipinski definition) is 16. The van der Waals surface area contributed by atoms with E-state index < -0.39 is 48.5 Å². The van der Waals surface area contributed by atoms with Crippen molar-refractivity contribution in [1.29, 1.82) is 0 Å². The van der Waals surface area contributed by atoms with Crippen molar-refractivity contribution in [2.45, 2.75) is 24.9 Å². The van der Waals surface area contributed by atoms with E-state index in [2.05, 4.69) is 28.1 Å². The molecule has 168 valence electrons. The van der Waals surface area contributed by atoms with Gasteiger partial charge in [-0.05, 0) is 0 Å². The van der Waals surface area contributed by atoms with E-state index in [-0.39, 0.29) is 142 Å². The first-order valence-electron chi connectivity index (χ1n) is 7.74. The zero-order valence-corrected chi connectivity index (χ0v) is 29.1. The molecule has 2 aromatic rings. The Kier molecular flexibility index (Phi) is 17.7. The Morgan fingerprint density at radius 1 is 1.06 bits per heavy atom. The molecule has 17 nitrogen and oxygen atoms in total. The SMILES string of the molecule is Nc1ncnc2c1ncn2[C@@H]1O[C@H](COP(=O)([O-])OP(=O)([O-])OP(=O)([O-])[O-])C[C@H]1O.[Na+].[Na+].[Na+].[Na+]. The zero-order chi connectivity index (χ0) is 22.3. The van der Waals surface area contributed by atoms with E-state index >= 15 is 0 Å². The molecule has 3 rings (SSSR count). The van der Waals surface area contributed by atoms with Gasteiger partial charge in [0.05, 0.1) is 26.9 Å². The van der Waals surface area contributed by atoms with Gasteiger partial charge in [-0.25, -0.2) is 19.3 Å². The minimum absolute atomic E-state index is 0. The Balaban J connectivity index is 0. The van der Waals surface area contributed by atoms with Crippen molar-refractivity contribution in [2.24, 2.45) is 0 Å². The number of nitrogen functional groups attached to an aromatic ring is 1. The fourth-order valence-electron chi connectivity index (χ4n) is 2.60. The molecule has 2 aromatic heterocycles. The Bertz CT molecular complexity index is 1090. The van der Waals surface area contributed by atoms with Crippen LogP contribution in [0.5, 0.6) is 0 Å². The van der Waals surface area contributed by atoms with E-state index in [4.69, 9.17) is 10.5 Å². The van der Waals surface area contributed by atoms with Crippen LogP contribution in [0.25, 0.3) is 11.2 Å². The van der Waals surface area contributed by atoms with Crippen molar-refractivity contribution >= 4 is 40.4 Å². The topological polar surface area (TPSA) is 270 Å². The van der Waals surface area contributed by atoms with Crippen LogP contribution in [0.2, 0.25) is 0 Å². The molecule has 0 spiro atoms. The van der Waals surface area contributed by atoms with Gasteiger partial charge in [-0.3, -0.25) is 18.0 Å². The van der Waals surface area contributed by atoms with Gasteiger partial charge in [0, 0.05) is 6.42 Å². The average Bonchev–Trinajstić information content (AvgIpc) is 3.13. The molecule has 1 aliphatic heterocycles. The molecular formula is C10H12N5Na4O12P3. The fourth-order valence-corrected chi connectivity index (χ4v) is 5.49. The van der Waals surface area contributed by atoms with Gasteiger partial charge in [0.15, 0.2) is 17.7 Å². The molecule has 1 fully saturated rings. The van der Waals surface area contributed by atoms with Gasteiger partial charge >= 0.3 is 118 Å². The van der Waals surface area contributed by atoms with Crippen LogP contribution in [0.15, 0.2) is 12.7 Å². The maximum atomic E-state index is 11.6. The van der Waals surface area contributed by atoms with Gasteiger partial charge in [-0.15, -0.1) is 0 Å². The van der Waals surface area contributed by atoms with Crippen LogP contribution in [0, 0.1) is 0 Å². The largest absolute Gasteiger partial charge is 1.00 e. The minimum Gasteiger partial charge on any atom is -0.790 e. The number of anilines is 1. The zero-order valence-electron chi connectivity index (χ0n) is 18.4. The average molecular weight is 579 g/mol. The summed E-state index contributed by atoms with van der Waals surface area (Å²) in [5.41, 5.74) is 6.14. The van der Waals surface area contributed by atoms with Gasteiger partial charge in [-0.2, -0.15) is 0 Å². The number of rotatable bonds is 8. The van der Waals surface area contributed by atoms with Crippen LogP contribution in [0.3, 0.4) is 0 Å². The first kappa shape index (κ1) is 38.8. The molecule has 0 aromatic carbocycles. The van der Waals surface area contributed by atoms with Gasteiger partial charge in [0.1, 0.15) is 17.9 Å². The maximum absolute atomic E-state index is 11.6. The molecule has 3 heterocycles. The van der Waals surface area contributed by atoms with Crippen molar-refractivity contribution in [3.8, 4) is 0 Å². The van der Waals surface area contributed by atoms with Crippen molar-refractivity contribution in [3.05, 3.63) is 12.7 Å². The molecule has 0 aliphatic carbocycles. The van der Waals surface area contributed by atoms with E-state index in [1.165, 1.54) is 10.9 Å². The van der Waals surface area contributed by atoms with Crippen molar-refractivity contribution in [3.63, 3.8) is 0 Å². The molecule has 0 bridgehead atoms. The summed E-state index contributed by atoms with van der Waals surface area (Å²) in [6.07, 6.45) is -1.01. The Hall–Kier alpha value is 2.68. The molecule has 1 saturated heterocycles. The third-order valence-electron chi connectivity index (χ3n) is 3.65. The van der Waals surface area contributed by atoms with Gasteiger partial charge in [0.2, 0.25) is 0 Å². The van der Waals surface area contributed by atoms with Crippen LogP contribution in [0.1, 0.15) is 12.6 Å². The summed E-state index contributed by atoms with van der Waals surface area (Å²) in [6.45, 7) is -0.815. The summed E-state index contributed by atoms with van der Waals surface area (Å²) in [4.78, 5) is 55.0. The van der Waals surface area contributed by atoms with E-state index in [1.807, 2.05) is 0 Å².